The summed E-state index contributed by atoms with van der Waals surface area (Å²) < 4.78 is 15.1. The Morgan fingerprint density at radius 2 is 2.20 bits per heavy atom. The number of carbonyl (C=O) groups is 1. The highest BCUT2D eigenvalue weighted by Crippen LogP contribution is 2.16. The molecular weight excluding hydrogens is 261 g/mol. The zero-order valence-electron chi connectivity index (χ0n) is 11.1. The van der Waals surface area contributed by atoms with Gasteiger partial charge in [0.25, 0.3) is 5.91 Å². The fraction of sp³-hybridized carbons (Fsp3) is 0.286. The summed E-state index contributed by atoms with van der Waals surface area (Å²) in [4.78, 5) is 11.9. The quantitative estimate of drug-likeness (QED) is 0.812. The number of nitrogens with one attached hydrogen (secondary N) is 1. The Kier molecular flexibility index (Phi) is 4.47. The molecule has 0 aliphatic carbocycles. The van der Waals surface area contributed by atoms with Gasteiger partial charge in [-0.15, -0.1) is 0 Å². The zero-order chi connectivity index (χ0) is 14.5. The van der Waals surface area contributed by atoms with E-state index in [1.54, 1.807) is 25.1 Å². The molecule has 2 N–H and O–H groups in total. The molecule has 1 amide bonds. The van der Waals surface area contributed by atoms with E-state index in [2.05, 4.69) is 10.4 Å². The molecule has 0 spiro atoms. The summed E-state index contributed by atoms with van der Waals surface area (Å²) in [5, 5.41) is 15.4. The van der Waals surface area contributed by atoms with Crippen molar-refractivity contribution in [2.45, 2.75) is 13.3 Å². The van der Waals surface area contributed by atoms with Crippen molar-refractivity contribution in [1.82, 2.24) is 15.1 Å². The van der Waals surface area contributed by atoms with Gasteiger partial charge in [0.2, 0.25) is 0 Å². The number of aliphatic hydroxyl groups is 1. The maximum absolute atomic E-state index is 13.7. The number of benzene rings is 1. The number of hydrogen-bond donors (Lipinski definition) is 2. The number of hydrogen-bond acceptors (Lipinski definition) is 3. The largest absolute Gasteiger partial charge is 0.396 e. The number of aliphatic hydroxyl groups excluding tert-OH is 1. The Morgan fingerprint density at radius 3 is 2.90 bits per heavy atom. The Bertz CT molecular complexity index is 610. The third-order valence-corrected chi connectivity index (χ3v) is 2.96. The Balaban J connectivity index is 2.23. The van der Waals surface area contributed by atoms with E-state index < -0.39 is 5.82 Å². The minimum Gasteiger partial charge on any atom is -0.396 e. The minimum atomic E-state index is -0.397. The molecule has 0 bridgehead atoms. The van der Waals surface area contributed by atoms with Crippen LogP contribution < -0.4 is 5.32 Å². The van der Waals surface area contributed by atoms with Crippen molar-refractivity contribution in [1.29, 1.82) is 0 Å². The van der Waals surface area contributed by atoms with Gasteiger partial charge >= 0.3 is 0 Å². The molecule has 5 nitrogen and oxygen atoms in total. The van der Waals surface area contributed by atoms with Crippen molar-refractivity contribution in [2.24, 2.45) is 0 Å². The lowest BCUT2D eigenvalue weighted by atomic mass is 10.2. The Hall–Kier alpha value is -2.21. The Morgan fingerprint density at radius 1 is 1.45 bits per heavy atom. The molecule has 0 saturated carbocycles. The van der Waals surface area contributed by atoms with Gasteiger partial charge < -0.3 is 10.4 Å². The standard InChI is InChI=1S/C14H16FN3O2/c1-10-11(14(20)16-7-4-8-19)9-17-18(10)13-6-3-2-5-12(13)15/h2-3,5-6,9,19H,4,7-8H2,1H3,(H,16,20). The topological polar surface area (TPSA) is 67.2 Å². The molecule has 0 aliphatic heterocycles. The van der Waals surface area contributed by atoms with Gasteiger partial charge in [0, 0.05) is 13.2 Å². The first-order valence-corrected chi connectivity index (χ1v) is 6.33. The molecule has 0 fully saturated rings. The lowest BCUT2D eigenvalue weighted by Crippen LogP contribution is -2.25. The molecule has 0 aliphatic rings. The summed E-state index contributed by atoms with van der Waals surface area (Å²) in [6.07, 6.45) is 1.91. The van der Waals surface area contributed by atoms with Crippen molar-refractivity contribution >= 4 is 5.91 Å². The zero-order valence-corrected chi connectivity index (χ0v) is 11.1. The van der Waals surface area contributed by atoms with Crippen LogP contribution in [0.3, 0.4) is 0 Å². The van der Waals surface area contributed by atoms with Crippen LogP contribution in [0, 0.1) is 12.7 Å². The number of aromatic nitrogens is 2. The van der Waals surface area contributed by atoms with Gasteiger partial charge in [-0.25, -0.2) is 9.07 Å². The van der Waals surface area contributed by atoms with Crippen LogP contribution in [-0.4, -0.2) is 33.9 Å². The van der Waals surface area contributed by atoms with Gasteiger partial charge in [-0.1, -0.05) is 12.1 Å². The highest BCUT2D eigenvalue weighted by atomic mass is 19.1. The highest BCUT2D eigenvalue weighted by molar-refractivity contribution is 5.95. The van der Waals surface area contributed by atoms with E-state index in [-0.39, 0.29) is 12.5 Å². The molecule has 1 aromatic carbocycles. The number of halogens is 1. The highest BCUT2D eigenvalue weighted by Gasteiger charge is 2.16. The van der Waals surface area contributed by atoms with Crippen LogP contribution >= 0.6 is 0 Å². The predicted molar refractivity (Wildman–Crippen MR) is 72.3 cm³/mol. The molecule has 0 radical (unpaired) electrons. The van der Waals surface area contributed by atoms with E-state index in [9.17, 15) is 9.18 Å². The summed E-state index contributed by atoms with van der Waals surface area (Å²) in [6, 6.07) is 6.25. The summed E-state index contributed by atoms with van der Waals surface area (Å²) in [6.45, 7) is 2.12. The van der Waals surface area contributed by atoms with E-state index in [1.807, 2.05) is 0 Å². The van der Waals surface area contributed by atoms with Crippen molar-refractivity contribution < 1.29 is 14.3 Å². The number of amides is 1. The van der Waals surface area contributed by atoms with Gasteiger partial charge in [0.15, 0.2) is 0 Å². The van der Waals surface area contributed by atoms with Gasteiger partial charge in [0.05, 0.1) is 17.5 Å². The van der Waals surface area contributed by atoms with E-state index in [4.69, 9.17) is 5.11 Å². The number of nitrogens with zero attached hydrogens (tertiary/aromatic N) is 2. The molecule has 2 rings (SSSR count). The van der Waals surface area contributed by atoms with Gasteiger partial charge in [-0.05, 0) is 25.5 Å². The second-order valence-corrected chi connectivity index (χ2v) is 4.34. The van der Waals surface area contributed by atoms with Crippen LogP contribution in [0.2, 0.25) is 0 Å². The average Bonchev–Trinajstić information content (AvgIpc) is 2.81. The van der Waals surface area contributed by atoms with Crippen molar-refractivity contribution in [2.75, 3.05) is 13.2 Å². The summed E-state index contributed by atoms with van der Waals surface area (Å²) in [5.74, 6) is -0.676. The van der Waals surface area contributed by atoms with Crippen molar-refractivity contribution in [3.05, 3.63) is 47.5 Å². The first kappa shape index (κ1) is 14.2. The lowest BCUT2D eigenvalue weighted by molar-refractivity contribution is 0.0950. The second-order valence-electron chi connectivity index (χ2n) is 4.34. The second kappa shape index (κ2) is 6.29. The number of para-hydroxylation sites is 1. The lowest BCUT2D eigenvalue weighted by Gasteiger charge is -2.07. The average molecular weight is 277 g/mol. The maximum Gasteiger partial charge on any atom is 0.254 e. The maximum atomic E-state index is 13.7. The molecule has 2 aromatic rings. The molecule has 0 unspecified atom stereocenters. The monoisotopic (exact) mass is 277 g/mol. The summed E-state index contributed by atoms with van der Waals surface area (Å²) in [7, 11) is 0. The smallest absolute Gasteiger partial charge is 0.254 e. The molecule has 1 aromatic heterocycles. The van der Waals surface area contributed by atoms with E-state index in [1.165, 1.54) is 16.9 Å². The molecule has 0 saturated heterocycles. The van der Waals surface area contributed by atoms with Crippen LogP contribution in [0.25, 0.3) is 5.69 Å². The number of carbonyl (C=O) groups excluding carboxylic acids is 1. The van der Waals surface area contributed by atoms with E-state index in [0.29, 0.717) is 29.9 Å². The molecule has 20 heavy (non-hydrogen) atoms. The van der Waals surface area contributed by atoms with E-state index in [0.717, 1.165) is 0 Å². The molecule has 1 heterocycles. The fourth-order valence-electron chi connectivity index (χ4n) is 1.88. The summed E-state index contributed by atoms with van der Waals surface area (Å²) >= 11 is 0. The molecule has 106 valence electrons. The third kappa shape index (κ3) is 2.85. The first-order chi connectivity index (χ1) is 9.65. The van der Waals surface area contributed by atoms with Crippen molar-refractivity contribution in [3.8, 4) is 5.69 Å². The summed E-state index contributed by atoms with van der Waals surface area (Å²) in [5.41, 5.74) is 1.27. The van der Waals surface area contributed by atoms with Crippen LogP contribution in [-0.2, 0) is 0 Å². The Labute approximate surface area is 116 Å². The molecule has 6 heteroatoms. The van der Waals surface area contributed by atoms with Crippen molar-refractivity contribution in [3.63, 3.8) is 0 Å². The van der Waals surface area contributed by atoms with Crippen LogP contribution in [0.15, 0.2) is 30.5 Å². The van der Waals surface area contributed by atoms with Gasteiger partial charge in [-0.3, -0.25) is 4.79 Å². The first-order valence-electron chi connectivity index (χ1n) is 6.33. The van der Waals surface area contributed by atoms with Gasteiger partial charge in [-0.2, -0.15) is 5.10 Å². The van der Waals surface area contributed by atoms with Crippen LogP contribution in [0.4, 0.5) is 4.39 Å². The van der Waals surface area contributed by atoms with Gasteiger partial charge in [0.1, 0.15) is 11.5 Å². The minimum absolute atomic E-state index is 0.0216. The fourth-order valence-corrected chi connectivity index (χ4v) is 1.88. The molecular formula is C14H16FN3O2. The third-order valence-electron chi connectivity index (χ3n) is 2.96. The van der Waals surface area contributed by atoms with Crippen LogP contribution in [0.1, 0.15) is 22.5 Å². The predicted octanol–water partition coefficient (Wildman–Crippen LogP) is 1.43. The van der Waals surface area contributed by atoms with E-state index >= 15 is 0 Å². The van der Waals surface area contributed by atoms with Crippen LogP contribution in [0.5, 0.6) is 0 Å². The molecule has 0 atom stereocenters. The normalized spacial score (nSPS) is 10.6. The SMILES string of the molecule is Cc1c(C(=O)NCCCO)cnn1-c1ccccc1F. The number of rotatable bonds is 5.